The highest BCUT2D eigenvalue weighted by Gasteiger charge is 2.41. The Morgan fingerprint density at radius 1 is 1.52 bits per heavy atom. The Kier molecular flexibility index (Phi) is 5.30. The SMILES string of the molecule is C[C@@H]1CN(c2ccc(C#N)c3ncncc23)C[C@H](CNC(=O)C2(F)CCNC2)O1. The Balaban J connectivity index is 1.50. The van der Waals surface area contributed by atoms with Gasteiger partial charge in [0, 0.05) is 49.9 Å². The van der Waals surface area contributed by atoms with Crippen LogP contribution in [0.5, 0.6) is 0 Å². The summed E-state index contributed by atoms with van der Waals surface area (Å²) in [5.74, 6) is -0.590. The van der Waals surface area contributed by atoms with Crippen LogP contribution >= 0.6 is 0 Å². The molecule has 0 saturated carbocycles. The topological polar surface area (TPSA) is 103 Å². The third kappa shape index (κ3) is 3.86. The van der Waals surface area contributed by atoms with Gasteiger partial charge in [-0.3, -0.25) is 4.79 Å². The van der Waals surface area contributed by atoms with E-state index in [4.69, 9.17) is 4.74 Å². The number of benzene rings is 1. The second kappa shape index (κ2) is 7.89. The standard InChI is InChI=1S/C20H23FN6O2/c1-13-9-27(17-3-2-14(6-22)18-16(17)8-24-12-26-18)10-15(29-13)7-25-19(28)20(21)4-5-23-11-20/h2-3,8,12-13,15,23H,4-5,7,9-11H2,1H3,(H,25,28)/t13-,15+,20?/m1/s1. The highest BCUT2D eigenvalue weighted by atomic mass is 19.1. The molecule has 152 valence electrons. The molecule has 1 unspecified atom stereocenters. The summed E-state index contributed by atoms with van der Waals surface area (Å²) in [5, 5.41) is 15.7. The maximum atomic E-state index is 14.6. The third-order valence-electron chi connectivity index (χ3n) is 5.44. The molecule has 8 nitrogen and oxygen atoms in total. The number of nitrogens with zero attached hydrogens (tertiary/aromatic N) is 4. The van der Waals surface area contributed by atoms with E-state index in [-0.39, 0.29) is 31.7 Å². The van der Waals surface area contributed by atoms with Crippen LogP contribution in [0.25, 0.3) is 10.9 Å². The van der Waals surface area contributed by atoms with Crippen molar-refractivity contribution in [2.24, 2.45) is 0 Å². The Morgan fingerprint density at radius 3 is 3.14 bits per heavy atom. The molecule has 4 rings (SSSR count). The summed E-state index contributed by atoms with van der Waals surface area (Å²) in [6, 6.07) is 5.80. The molecule has 29 heavy (non-hydrogen) atoms. The summed E-state index contributed by atoms with van der Waals surface area (Å²) < 4.78 is 20.5. The second-order valence-electron chi connectivity index (χ2n) is 7.60. The summed E-state index contributed by atoms with van der Waals surface area (Å²) >= 11 is 0. The average Bonchev–Trinajstić information content (AvgIpc) is 3.18. The first kappa shape index (κ1) is 19.5. The first-order valence-electron chi connectivity index (χ1n) is 9.71. The van der Waals surface area contributed by atoms with Crippen molar-refractivity contribution in [3.8, 4) is 6.07 Å². The predicted octanol–water partition coefficient (Wildman–Crippen LogP) is 0.913. The van der Waals surface area contributed by atoms with Crippen molar-refractivity contribution in [3.63, 3.8) is 0 Å². The van der Waals surface area contributed by atoms with Gasteiger partial charge in [0.15, 0.2) is 0 Å². The minimum atomic E-state index is -1.85. The van der Waals surface area contributed by atoms with Gasteiger partial charge >= 0.3 is 0 Å². The fourth-order valence-electron chi connectivity index (χ4n) is 4.00. The van der Waals surface area contributed by atoms with E-state index < -0.39 is 11.6 Å². The number of carbonyl (C=O) groups excluding carboxylic acids is 1. The van der Waals surface area contributed by atoms with Gasteiger partial charge in [-0.2, -0.15) is 5.26 Å². The number of aromatic nitrogens is 2. The number of nitriles is 1. The molecule has 3 atom stereocenters. The highest BCUT2D eigenvalue weighted by molar-refractivity contribution is 5.94. The maximum absolute atomic E-state index is 14.6. The van der Waals surface area contributed by atoms with Crippen LogP contribution in [0, 0.1) is 11.3 Å². The van der Waals surface area contributed by atoms with Crippen LogP contribution in [0.2, 0.25) is 0 Å². The molecule has 2 aromatic rings. The normalized spacial score (nSPS) is 27.0. The third-order valence-corrected chi connectivity index (χ3v) is 5.44. The minimum Gasteiger partial charge on any atom is -0.370 e. The Bertz CT molecular complexity index is 956. The summed E-state index contributed by atoms with van der Waals surface area (Å²) in [6.07, 6.45) is 2.96. The number of morpholine rings is 1. The number of halogens is 1. The first-order valence-corrected chi connectivity index (χ1v) is 9.71. The van der Waals surface area contributed by atoms with Crippen molar-refractivity contribution in [2.45, 2.75) is 31.2 Å². The number of alkyl halides is 1. The van der Waals surface area contributed by atoms with Crippen LogP contribution in [0.4, 0.5) is 10.1 Å². The molecular formula is C20H23FN6O2. The smallest absolute Gasteiger partial charge is 0.259 e. The van der Waals surface area contributed by atoms with Gasteiger partial charge < -0.3 is 20.3 Å². The summed E-state index contributed by atoms with van der Waals surface area (Å²) in [5.41, 5.74) is 0.167. The maximum Gasteiger partial charge on any atom is 0.259 e. The largest absolute Gasteiger partial charge is 0.370 e. The number of rotatable bonds is 4. The quantitative estimate of drug-likeness (QED) is 0.789. The fourth-order valence-corrected chi connectivity index (χ4v) is 4.00. The molecule has 3 heterocycles. The van der Waals surface area contributed by atoms with Gasteiger partial charge in [0.2, 0.25) is 5.67 Å². The number of amides is 1. The first-order chi connectivity index (χ1) is 14.0. The lowest BCUT2D eigenvalue weighted by molar-refractivity contribution is -0.132. The molecule has 0 spiro atoms. The number of ether oxygens (including phenoxy) is 1. The number of anilines is 1. The minimum absolute atomic E-state index is 0.0457. The van der Waals surface area contributed by atoms with Crippen molar-refractivity contribution in [1.29, 1.82) is 5.26 Å². The molecule has 2 aliphatic rings. The van der Waals surface area contributed by atoms with E-state index >= 15 is 0 Å². The molecular weight excluding hydrogens is 375 g/mol. The van der Waals surface area contributed by atoms with Gasteiger partial charge in [0.05, 0.1) is 23.3 Å². The average molecular weight is 398 g/mol. The van der Waals surface area contributed by atoms with Gasteiger partial charge in [-0.15, -0.1) is 0 Å². The predicted molar refractivity (Wildman–Crippen MR) is 105 cm³/mol. The van der Waals surface area contributed by atoms with Gasteiger partial charge in [0.1, 0.15) is 12.4 Å². The summed E-state index contributed by atoms with van der Waals surface area (Å²) in [4.78, 5) is 22.8. The van der Waals surface area contributed by atoms with Crippen molar-refractivity contribution < 1.29 is 13.9 Å². The molecule has 2 aliphatic heterocycles. The molecule has 1 aromatic heterocycles. The lowest BCUT2D eigenvalue weighted by Crippen LogP contribution is -2.53. The molecule has 2 N–H and O–H groups in total. The van der Waals surface area contributed by atoms with E-state index in [0.29, 0.717) is 30.7 Å². The van der Waals surface area contributed by atoms with E-state index in [1.54, 1.807) is 12.3 Å². The van der Waals surface area contributed by atoms with Gasteiger partial charge in [-0.25, -0.2) is 14.4 Å². The van der Waals surface area contributed by atoms with Crippen molar-refractivity contribution in [3.05, 3.63) is 30.2 Å². The van der Waals surface area contributed by atoms with Gasteiger partial charge in [-0.05, 0) is 25.6 Å². The lowest BCUT2D eigenvalue weighted by atomic mass is 10.0. The van der Waals surface area contributed by atoms with Crippen LogP contribution in [0.3, 0.4) is 0 Å². The Morgan fingerprint density at radius 2 is 2.38 bits per heavy atom. The molecule has 0 aliphatic carbocycles. The number of nitrogens with one attached hydrogen (secondary N) is 2. The van der Waals surface area contributed by atoms with E-state index in [9.17, 15) is 14.4 Å². The van der Waals surface area contributed by atoms with Crippen molar-refractivity contribution in [1.82, 2.24) is 20.6 Å². The van der Waals surface area contributed by atoms with Crippen molar-refractivity contribution in [2.75, 3.05) is 37.6 Å². The number of hydrogen-bond donors (Lipinski definition) is 2. The Hall–Kier alpha value is -2.83. The molecule has 2 fully saturated rings. The second-order valence-corrected chi connectivity index (χ2v) is 7.60. The molecule has 9 heteroatoms. The van der Waals surface area contributed by atoms with Crippen LogP contribution in [-0.2, 0) is 9.53 Å². The zero-order valence-electron chi connectivity index (χ0n) is 16.2. The number of hydrogen-bond acceptors (Lipinski definition) is 7. The van der Waals surface area contributed by atoms with Crippen molar-refractivity contribution >= 4 is 22.5 Å². The summed E-state index contributed by atoms with van der Waals surface area (Å²) in [6.45, 7) is 3.92. The molecule has 1 amide bonds. The zero-order chi connectivity index (χ0) is 20.4. The monoisotopic (exact) mass is 398 g/mol. The number of carbonyl (C=O) groups is 1. The highest BCUT2D eigenvalue weighted by Crippen LogP contribution is 2.29. The molecule has 0 bridgehead atoms. The van der Waals surface area contributed by atoms with Crippen LogP contribution in [0.1, 0.15) is 18.9 Å². The Labute approximate surface area is 168 Å². The van der Waals surface area contributed by atoms with E-state index in [1.807, 2.05) is 13.0 Å². The molecule has 2 saturated heterocycles. The number of fused-ring (bicyclic) bond motifs is 1. The zero-order valence-corrected chi connectivity index (χ0v) is 16.2. The molecule has 0 radical (unpaired) electrons. The van der Waals surface area contributed by atoms with E-state index in [2.05, 4.69) is 31.6 Å². The lowest BCUT2D eigenvalue weighted by Gasteiger charge is -2.39. The molecule has 1 aromatic carbocycles. The van der Waals surface area contributed by atoms with E-state index in [0.717, 1.165) is 11.1 Å². The van der Waals surface area contributed by atoms with Crippen LogP contribution in [-0.4, -0.2) is 66.5 Å². The van der Waals surface area contributed by atoms with Gasteiger partial charge in [-0.1, -0.05) is 0 Å². The van der Waals surface area contributed by atoms with Gasteiger partial charge in [0.25, 0.3) is 5.91 Å². The van der Waals surface area contributed by atoms with E-state index in [1.165, 1.54) is 6.33 Å². The van der Waals surface area contributed by atoms with Crippen LogP contribution in [0.15, 0.2) is 24.7 Å². The summed E-state index contributed by atoms with van der Waals surface area (Å²) in [7, 11) is 0. The fraction of sp³-hybridized carbons (Fsp3) is 0.500. The van der Waals surface area contributed by atoms with Crippen LogP contribution < -0.4 is 15.5 Å².